The number of benzene rings is 2. The molecule has 2 atom stereocenters. The number of ether oxygens (including phenoxy) is 2. The van der Waals surface area contributed by atoms with E-state index in [4.69, 9.17) is 15.2 Å². The van der Waals surface area contributed by atoms with Crippen LogP contribution in [-0.4, -0.2) is 43.2 Å². The number of piperidine rings is 1. The van der Waals surface area contributed by atoms with Crippen LogP contribution in [0.2, 0.25) is 0 Å². The molecule has 1 aliphatic heterocycles. The molecule has 144 valence electrons. The maximum atomic E-state index is 13.1. The first-order chi connectivity index (χ1) is 12.9. The molecule has 2 unspecified atom stereocenters. The van der Waals surface area contributed by atoms with Gasteiger partial charge in [-0.15, -0.1) is 0 Å². The van der Waals surface area contributed by atoms with Gasteiger partial charge in [-0.3, -0.25) is 4.79 Å². The Hall–Kier alpha value is -2.53. The van der Waals surface area contributed by atoms with Crippen molar-refractivity contribution in [3.05, 3.63) is 58.7 Å². The number of hydrogen-bond donors (Lipinski definition) is 1. The van der Waals surface area contributed by atoms with Gasteiger partial charge in [0.1, 0.15) is 11.9 Å². The minimum Gasteiger partial charge on any atom is -0.488 e. The Morgan fingerprint density at radius 2 is 1.85 bits per heavy atom. The standard InChI is InChI=1S/C22H28N2O3/c1-14-8-9-15(2)19(10-14)22(25)24-12-17(26-4)11-18(13-24)27-21-7-5-6-20(23)16(21)3/h5-10,17-18H,11-13,23H2,1-4H3. The average molecular weight is 368 g/mol. The van der Waals surface area contributed by atoms with E-state index in [9.17, 15) is 4.79 Å². The minimum atomic E-state index is -0.140. The molecule has 0 saturated carbocycles. The number of nitrogens with zero attached hydrogens (tertiary/aromatic N) is 1. The number of aryl methyl sites for hydroxylation is 2. The van der Waals surface area contributed by atoms with E-state index in [0.29, 0.717) is 18.8 Å². The summed E-state index contributed by atoms with van der Waals surface area (Å²) in [5.41, 5.74) is 10.4. The highest BCUT2D eigenvalue weighted by atomic mass is 16.5. The molecule has 1 aliphatic rings. The van der Waals surface area contributed by atoms with Crippen molar-refractivity contribution >= 4 is 11.6 Å². The quantitative estimate of drug-likeness (QED) is 0.839. The van der Waals surface area contributed by atoms with Crippen molar-refractivity contribution in [2.24, 2.45) is 0 Å². The highest BCUT2D eigenvalue weighted by Gasteiger charge is 2.32. The van der Waals surface area contributed by atoms with Crippen molar-refractivity contribution in [3.63, 3.8) is 0 Å². The van der Waals surface area contributed by atoms with Crippen molar-refractivity contribution in [1.29, 1.82) is 0 Å². The second-order valence-electron chi connectivity index (χ2n) is 7.33. The number of carbonyl (C=O) groups is 1. The number of nitrogens with two attached hydrogens (primary N) is 1. The third kappa shape index (κ3) is 4.25. The van der Waals surface area contributed by atoms with Gasteiger partial charge in [0.05, 0.1) is 12.6 Å². The number of likely N-dealkylation sites (tertiary alicyclic amines) is 1. The van der Waals surface area contributed by atoms with Crippen LogP contribution in [0.1, 0.15) is 33.5 Å². The summed E-state index contributed by atoms with van der Waals surface area (Å²) in [7, 11) is 1.68. The van der Waals surface area contributed by atoms with Crippen molar-refractivity contribution < 1.29 is 14.3 Å². The Bertz CT molecular complexity index is 834. The van der Waals surface area contributed by atoms with E-state index < -0.39 is 0 Å². The molecule has 0 bridgehead atoms. The normalized spacial score (nSPS) is 19.8. The molecule has 27 heavy (non-hydrogen) atoms. The number of carbonyl (C=O) groups excluding carboxylic acids is 1. The summed E-state index contributed by atoms with van der Waals surface area (Å²) in [6, 6.07) is 11.6. The molecule has 2 aromatic carbocycles. The smallest absolute Gasteiger partial charge is 0.254 e. The van der Waals surface area contributed by atoms with Crippen LogP contribution in [0, 0.1) is 20.8 Å². The first kappa shape index (κ1) is 19.2. The molecule has 1 saturated heterocycles. The predicted octanol–water partition coefficient (Wildman–Crippen LogP) is 3.50. The SMILES string of the molecule is COC1CC(Oc2cccc(N)c2C)CN(C(=O)c2cc(C)ccc2C)C1. The van der Waals surface area contributed by atoms with Gasteiger partial charge in [-0.2, -0.15) is 0 Å². The van der Waals surface area contributed by atoms with Crippen molar-refractivity contribution in [3.8, 4) is 5.75 Å². The summed E-state index contributed by atoms with van der Waals surface area (Å²) < 4.78 is 11.8. The van der Waals surface area contributed by atoms with E-state index in [2.05, 4.69) is 0 Å². The monoisotopic (exact) mass is 368 g/mol. The molecule has 2 N–H and O–H groups in total. The fourth-order valence-corrected chi connectivity index (χ4v) is 3.51. The third-order valence-corrected chi connectivity index (χ3v) is 5.24. The van der Waals surface area contributed by atoms with Crippen molar-refractivity contribution in [2.45, 2.75) is 39.4 Å². The number of amides is 1. The largest absolute Gasteiger partial charge is 0.488 e. The third-order valence-electron chi connectivity index (χ3n) is 5.24. The summed E-state index contributed by atoms with van der Waals surface area (Å²) in [5, 5.41) is 0. The first-order valence-corrected chi connectivity index (χ1v) is 9.30. The lowest BCUT2D eigenvalue weighted by atomic mass is 10.0. The second-order valence-corrected chi connectivity index (χ2v) is 7.33. The number of methoxy groups -OCH3 is 1. The van der Waals surface area contributed by atoms with Crippen LogP contribution < -0.4 is 10.5 Å². The lowest BCUT2D eigenvalue weighted by molar-refractivity contribution is -0.0147. The van der Waals surface area contributed by atoms with Gasteiger partial charge in [0.2, 0.25) is 0 Å². The van der Waals surface area contributed by atoms with Gasteiger partial charge in [-0.05, 0) is 44.5 Å². The maximum Gasteiger partial charge on any atom is 0.254 e. The lowest BCUT2D eigenvalue weighted by Crippen LogP contribution is -2.51. The summed E-state index contributed by atoms with van der Waals surface area (Å²) in [6.45, 7) is 7.01. The zero-order chi connectivity index (χ0) is 19.6. The van der Waals surface area contributed by atoms with Gasteiger partial charge < -0.3 is 20.1 Å². The number of hydrogen-bond acceptors (Lipinski definition) is 4. The number of rotatable bonds is 4. The Balaban J connectivity index is 1.81. The van der Waals surface area contributed by atoms with E-state index in [1.165, 1.54) is 0 Å². The van der Waals surface area contributed by atoms with E-state index in [1.54, 1.807) is 7.11 Å². The van der Waals surface area contributed by atoms with Gasteiger partial charge in [0.15, 0.2) is 0 Å². The van der Waals surface area contributed by atoms with Crippen LogP contribution in [0.5, 0.6) is 5.75 Å². The molecular weight excluding hydrogens is 340 g/mol. The second kappa shape index (κ2) is 8.01. The molecule has 0 radical (unpaired) electrons. The highest BCUT2D eigenvalue weighted by molar-refractivity contribution is 5.96. The first-order valence-electron chi connectivity index (χ1n) is 9.30. The Morgan fingerprint density at radius 3 is 2.59 bits per heavy atom. The minimum absolute atomic E-state index is 0.0239. The molecule has 1 heterocycles. The fraction of sp³-hybridized carbons (Fsp3) is 0.409. The molecule has 5 nitrogen and oxygen atoms in total. The van der Waals surface area contributed by atoms with Crippen LogP contribution in [0.15, 0.2) is 36.4 Å². The van der Waals surface area contributed by atoms with E-state index >= 15 is 0 Å². The molecule has 0 spiro atoms. The molecule has 0 aliphatic carbocycles. The zero-order valence-electron chi connectivity index (χ0n) is 16.5. The zero-order valence-corrected chi connectivity index (χ0v) is 16.5. The van der Waals surface area contributed by atoms with Gasteiger partial charge in [-0.1, -0.05) is 23.8 Å². The van der Waals surface area contributed by atoms with Crippen LogP contribution in [-0.2, 0) is 4.74 Å². The summed E-state index contributed by atoms with van der Waals surface area (Å²) >= 11 is 0. The molecule has 1 amide bonds. The molecule has 0 aromatic heterocycles. The van der Waals surface area contributed by atoms with Crippen LogP contribution in [0.3, 0.4) is 0 Å². The van der Waals surface area contributed by atoms with Gasteiger partial charge in [0, 0.05) is 36.9 Å². The van der Waals surface area contributed by atoms with Crippen molar-refractivity contribution in [2.75, 3.05) is 25.9 Å². The Morgan fingerprint density at radius 1 is 1.11 bits per heavy atom. The van der Waals surface area contributed by atoms with Crippen LogP contribution >= 0.6 is 0 Å². The summed E-state index contributed by atoms with van der Waals surface area (Å²) in [5.74, 6) is 0.784. The van der Waals surface area contributed by atoms with Gasteiger partial charge >= 0.3 is 0 Å². The lowest BCUT2D eigenvalue weighted by Gasteiger charge is -2.37. The molecule has 3 rings (SSSR count). The number of nitrogen functional groups attached to an aromatic ring is 1. The van der Waals surface area contributed by atoms with Crippen LogP contribution in [0.25, 0.3) is 0 Å². The summed E-state index contributed by atoms with van der Waals surface area (Å²) in [4.78, 5) is 15.0. The molecule has 1 fully saturated rings. The number of anilines is 1. The predicted molar refractivity (Wildman–Crippen MR) is 107 cm³/mol. The topological polar surface area (TPSA) is 64.8 Å². The van der Waals surface area contributed by atoms with Crippen LogP contribution in [0.4, 0.5) is 5.69 Å². The van der Waals surface area contributed by atoms with Gasteiger partial charge in [0.25, 0.3) is 5.91 Å². The Labute approximate surface area is 161 Å². The average Bonchev–Trinajstić information content (AvgIpc) is 2.66. The fourth-order valence-electron chi connectivity index (χ4n) is 3.51. The molecule has 5 heteroatoms. The summed E-state index contributed by atoms with van der Waals surface area (Å²) in [6.07, 6.45) is 0.541. The molecule has 2 aromatic rings. The van der Waals surface area contributed by atoms with E-state index in [0.717, 1.165) is 34.4 Å². The molecular formula is C22H28N2O3. The van der Waals surface area contributed by atoms with Gasteiger partial charge in [-0.25, -0.2) is 0 Å². The maximum absolute atomic E-state index is 13.1. The Kier molecular flexibility index (Phi) is 5.71. The highest BCUT2D eigenvalue weighted by Crippen LogP contribution is 2.27. The van der Waals surface area contributed by atoms with E-state index in [-0.39, 0.29) is 18.1 Å². The van der Waals surface area contributed by atoms with Crippen molar-refractivity contribution in [1.82, 2.24) is 4.90 Å². The van der Waals surface area contributed by atoms with E-state index in [1.807, 2.05) is 62.1 Å².